The molecule has 2 aliphatic heterocycles. The van der Waals surface area contributed by atoms with Crippen molar-refractivity contribution in [1.29, 1.82) is 0 Å². The molecule has 0 amide bonds. The Kier molecular flexibility index (Phi) is 2.62. The van der Waals surface area contributed by atoms with Crippen LogP contribution in [0.25, 0.3) is 0 Å². The summed E-state index contributed by atoms with van der Waals surface area (Å²) in [4.78, 5) is 0. The maximum Gasteiger partial charge on any atom is 0.0379 e. The zero-order chi connectivity index (χ0) is 11.9. The Morgan fingerprint density at radius 2 is 1.94 bits per heavy atom. The third-order valence-corrected chi connectivity index (χ3v) is 4.46. The third-order valence-electron chi connectivity index (χ3n) is 4.46. The van der Waals surface area contributed by atoms with Crippen molar-refractivity contribution in [2.24, 2.45) is 0 Å². The Morgan fingerprint density at radius 1 is 1.18 bits per heavy atom. The van der Waals surface area contributed by atoms with Crippen molar-refractivity contribution >= 4 is 5.69 Å². The van der Waals surface area contributed by atoms with Gasteiger partial charge in [-0.25, -0.2) is 0 Å². The zero-order valence-electron chi connectivity index (χ0n) is 10.8. The van der Waals surface area contributed by atoms with Crippen LogP contribution in [0.4, 0.5) is 5.69 Å². The number of benzene rings is 1. The van der Waals surface area contributed by atoms with Crippen LogP contribution < -0.4 is 10.6 Å². The van der Waals surface area contributed by atoms with E-state index in [1.807, 2.05) is 0 Å². The smallest absolute Gasteiger partial charge is 0.0379 e. The van der Waals surface area contributed by atoms with E-state index in [2.05, 4.69) is 42.7 Å². The van der Waals surface area contributed by atoms with Crippen molar-refractivity contribution in [1.82, 2.24) is 5.32 Å². The molecule has 0 radical (unpaired) electrons. The van der Waals surface area contributed by atoms with Crippen LogP contribution in [0.1, 0.15) is 43.7 Å². The molecule has 0 aliphatic carbocycles. The Balaban J connectivity index is 2.02. The molecule has 0 aromatic heterocycles. The van der Waals surface area contributed by atoms with Crippen molar-refractivity contribution in [2.75, 3.05) is 25.0 Å². The van der Waals surface area contributed by atoms with Gasteiger partial charge in [0.1, 0.15) is 0 Å². The van der Waals surface area contributed by atoms with Crippen LogP contribution in [0.3, 0.4) is 0 Å². The molecule has 1 spiro atoms. The van der Waals surface area contributed by atoms with Gasteiger partial charge in [0.05, 0.1) is 0 Å². The van der Waals surface area contributed by atoms with Gasteiger partial charge >= 0.3 is 0 Å². The summed E-state index contributed by atoms with van der Waals surface area (Å²) in [5.41, 5.74) is 4.83. The standard InChI is InChI=1S/C15H22N2/c1-11(2)12-3-4-14-13(9-12)15(10-17-14)5-7-16-8-6-15/h3-4,9,11,16-17H,5-8,10H2,1-2H3. The van der Waals surface area contributed by atoms with Gasteiger partial charge in [-0.15, -0.1) is 0 Å². The van der Waals surface area contributed by atoms with E-state index in [4.69, 9.17) is 0 Å². The third kappa shape index (κ3) is 1.75. The minimum absolute atomic E-state index is 0.408. The van der Waals surface area contributed by atoms with Crippen LogP contribution in [0.2, 0.25) is 0 Å². The van der Waals surface area contributed by atoms with Crippen molar-refractivity contribution in [2.45, 2.75) is 38.0 Å². The lowest BCUT2D eigenvalue weighted by Gasteiger charge is -2.34. The highest BCUT2D eigenvalue weighted by molar-refractivity contribution is 5.62. The fourth-order valence-electron chi connectivity index (χ4n) is 3.22. The molecule has 17 heavy (non-hydrogen) atoms. The van der Waals surface area contributed by atoms with Gasteiger partial charge in [0.15, 0.2) is 0 Å². The lowest BCUT2D eigenvalue weighted by atomic mass is 9.74. The fourth-order valence-corrected chi connectivity index (χ4v) is 3.22. The molecular formula is C15H22N2. The quantitative estimate of drug-likeness (QED) is 0.775. The SMILES string of the molecule is CC(C)c1ccc2c(c1)C1(CCNCC1)CN2. The summed E-state index contributed by atoms with van der Waals surface area (Å²) in [6.45, 7) is 8.00. The van der Waals surface area contributed by atoms with Crippen molar-refractivity contribution in [3.63, 3.8) is 0 Å². The molecular weight excluding hydrogens is 208 g/mol. The van der Waals surface area contributed by atoms with Gasteiger partial charge < -0.3 is 10.6 Å². The molecule has 1 aromatic carbocycles. The number of anilines is 1. The maximum atomic E-state index is 3.60. The van der Waals surface area contributed by atoms with Gasteiger partial charge in [-0.05, 0) is 49.0 Å². The molecule has 2 heterocycles. The summed E-state index contributed by atoms with van der Waals surface area (Å²) in [7, 11) is 0. The highest BCUT2D eigenvalue weighted by Crippen LogP contribution is 2.43. The minimum Gasteiger partial charge on any atom is -0.384 e. The number of piperidine rings is 1. The summed E-state index contributed by atoms with van der Waals surface area (Å²) in [6, 6.07) is 7.00. The minimum atomic E-state index is 0.408. The van der Waals surface area contributed by atoms with Crippen LogP contribution in [0, 0.1) is 0 Å². The molecule has 3 rings (SSSR count). The summed E-state index contributed by atoms with van der Waals surface area (Å²) < 4.78 is 0. The van der Waals surface area contributed by atoms with Gasteiger partial charge in [0.25, 0.3) is 0 Å². The highest BCUT2D eigenvalue weighted by Gasteiger charge is 2.39. The van der Waals surface area contributed by atoms with Gasteiger partial charge in [0.2, 0.25) is 0 Å². The Hall–Kier alpha value is -1.02. The molecule has 0 unspecified atom stereocenters. The van der Waals surface area contributed by atoms with Crippen molar-refractivity contribution in [3.8, 4) is 0 Å². The average Bonchev–Trinajstić information content (AvgIpc) is 2.69. The van der Waals surface area contributed by atoms with E-state index in [9.17, 15) is 0 Å². The average molecular weight is 230 g/mol. The summed E-state index contributed by atoms with van der Waals surface area (Å²) >= 11 is 0. The normalized spacial score (nSPS) is 21.6. The lowest BCUT2D eigenvalue weighted by Crippen LogP contribution is -2.41. The number of hydrogen-bond donors (Lipinski definition) is 2. The molecule has 92 valence electrons. The molecule has 1 aromatic rings. The highest BCUT2D eigenvalue weighted by atomic mass is 15.0. The van der Waals surface area contributed by atoms with E-state index < -0.39 is 0 Å². The number of hydrogen-bond acceptors (Lipinski definition) is 2. The first-order chi connectivity index (χ1) is 8.21. The molecule has 0 bridgehead atoms. The molecule has 1 saturated heterocycles. The van der Waals surface area contributed by atoms with Crippen LogP contribution >= 0.6 is 0 Å². The molecule has 1 fully saturated rings. The van der Waals surface area contributed by atoms with Crippen LogP contribution in [0.15, 0.2) is 18.2 Å². The molecule has 2 N–H and O–H groups in total. The van der Waals surface area contributed by atoms with E-state index in [1.54, 1.807) is 5.56 Å². The molecule has 0 saturated carbocycles. The Bertz CT molecular complexity index is 411. The van der Waals surface area contributed by atoms with E-state index in [1.165, 1.54) is 24.1 Å². The van der Waals surface area contributed by atoms with Gasteiger partial charge in [-0.1, -0.05) is 26.0 Å². The number of fused-ring (bicyclic) bond motifs is 2. The van der Waals surface area contributed by atoms with Gasteiger partial charge in [-0.3, -0.25) is 0 Å². The van der Waals surface area contributed by atoms with E-state index in [0.717, 1.165) is 19.6 Å². The predicted molar refractivity (Wildman–Crippen MR) is 72.8 cm³/mol. The topological polar surface area (TPSA) is 24.1 Å². The van der Waals surface area contributed by atoms with Gasteiger partial charge in [0, 0.05) is 17.6 Å². The van der Waals surface area contributed by atoms with Crippen LogP contribution in [0.5, 0.6) is 0 Å². The Labute approximate surface area is 104 Å². The fraction of sp³-hybridized carbons (Fsp3) is 0.600. The van der Waals surface area contributed by atoms with E-state index in [-0.39, 0.29) is 0 Å². The molecule has 2 heteroatoms. The summed E-state index contributed by atoms with van der Waals surface area (Å²) in [6.07, 6.45) is 2.54. The first-order valence-electron chi connectivity index (χ1n) is 6.80. The van der Waals surface area contributed by atoms with E-state index in [0.29, 0.717) is 11.3 Å². The second-order valence-electron chi connectivity index (χ2n) is 5.84. The largest absolute Gasteiger partial charge is 0.384 e. The second kappa shape index (κ2) is 4.02. The van der Waals surface area contributed by atoms with Crippen LogP contribution in [-0.2, 0) is 5.41 Å². The monoisotopic (exact) mass is 230 g/mol. The predicted octanol–water partition coefficient (Wildman–Crippen LogP) is 2.86. The van der Waals surface area contributed by atoms with Crippen LogP contribution in [-0.4, -0.2) is 19.6 Å². The number of rotatable bonds is 1. The van der Waals surface area contributed by atoms with Crippen molar-refractivity contribution in [3.05, 3.63) is 29.3 Å². The van der Waals surface area contributed by atoms with Crippen molar-refractivity contribution < 1.29 is 0 Å². The summed E-state index contributed by atoms with van der Waals surface area (Å²) in [5, 5.41) is 7.08. The van der Waals surface area contributed by atoms with Gasteiger partial charge in [-0.2, -0.15) is 0 Å². The first kappa shape index (κ1) is 11.1. The van der Waals surface area contributed by atoms with E-state index >= 15 is 0 Å². The molecule has 0 atom stereocenters. The zero-order valence-corrected chi connectivity index (χ0v) is 10.8. The first-order valence-corrected chi connectivity index (χ1v) is 6.80. The number of nitrogens with one attached hydrogen (secondary N) is 2. The Morgan fingerprint density at radius 3 is 2.65 bits per heavy atom. The lowest BCUT2D eigenvalue weighted by molar-refractivity contribution is 0.335. The summed E-state index contributed by atoms with van der Waals surface area (Å²) in [5.74, 6) is 0.625. The maximum absolute atomic E-state index is 3.60. The molecule has 2 aliphatic rings. The molecule has 2 nitrogen and oxygen atoms in total. The second-order valence-corrected chi connectivity index (χ2v) is 5.84.